The van der Waals surface area contributed by atoms with E-state index in [9.17, 15) is 0 Å². The van der Waals surface area contributed by atoms with Crippen molar-refractivity contribution in [3.05, 3.63) is 0 Å². The second kappa shape index (κ2) is 12.1. The highest BCUT2D eigenvalue weighted by Crippen LogP contribution is 1.93. The zero-order valence-electron chi connectivity index (χ0n) is 11.2. The minimum atomic E-state index is -4.67. The highest BCUT2D eigenvalue weighted by atomic mass is 32.3. The topological polar surface area (TPSA) is 248 Å². The quantitative estimate of drug-likeness (QED) is 0.203. The molecule has 0 aliphatic heterocycles. The molecule has 0 fully saturated rings. The Balaban J connectivity index is -0.000000239. The van der Waals surface area contributed by atoms with Gasteiger partial charge in [-0.25, -0.2) is 0 Å². The lowest BCUT2D eigenvalue weighted by molar-refractivity contribution is 0.0695. The monoisotopic (exact) mass is 340 g/mol. The van der Waals surface area contributed by atoms with E-state index < -0.39 is 61.1 Å². The molecule has 0 saturated heterocycles. The lowest BCUT2D eigenvalue weighted by Gasteiger charge is -2.20. The van der Waals surface area contributed by atoms with E-state index in [0.717, 1.165) is 0 Å². The van der Waals surface area contributed by atoms with Crippen molar-refractivity contribution >= 4 is 10.4 Å². The summed E-state index contributed by atoms with van der Waals surface area (Å²) in [6.07, 6.45) is 0. The van der Waals surface area contributed by atoms with Crippen LogP contribution in [0.1, 0.15) is 0 Å². The Kier molecular flexibility index (Phi) is 14.7. The number of hydrogen-bond acceptors (Lipinski definition) is 10. The Morgan fingerprint density at radius 2 is 0.714 bits per heavy atom. The molecule has 0 unspecified atom stereocenters. The highest BCUT2D eigenvalue weighted by molar-refractivity contribution is 7.79. The molecule has 132 valence electrons. The third-order valence-electron chi connectivity index (χ3n) is 1.89. The standard InChI is InChI=1S/2C4H11NO3.H2O4S/c2*5-4(1-6,2-7)3-8;1-5(2,3)4/h2*6-8H,1-3,5H2;(H2,1,2,3,4). The zero-order chi connectivity index (χ0) is 17.7. The van der Waals surface area contributed by atoms with Crippen LogP contribution in [0.5, 0.6) is 0 Å². The van der Waals surface area contributed by atoms with Gasteiger partial charge in [0.25, 0.3) is 0 Å². The smallest absolute Gasteiger partial charge is 0.394 e. The van der Waals surface area contributed by atoms with Gasteiger partial charge in [-0.3, -0.25) is 9.11 Å². The van der Waals surface area contributed by atoms with Crippen LogP contribution in [0.2, 0.25) is 0 Å². The van der Waals surface area contributed by atoms with E-state index in [1.54, 1.807) is 0 Å². The Labute approximate surface area is 121 Å². The van der Waals surface area contributed by atoms with Crippen molar-refractivity contribution in [2.45, 2.75) is 11.1 Å². The number of aliphatic hydroxyl groups excluding tert-OH is 6. The summed E-state index contributed by atoms with van der Waals surface area (Å²) in [5, 5.41) is 50.0. The summed E-state index contributed by atoms with van der Waals surface area (Å²) in [7, 11) is -4.67. The van der Waals surface area contributed by atoms with Gasteiger partial charge < -0.3 is 42.1 Å². The summed E-state index contributed by atoms with van der Waals surface area (Å²) in [6.45, 7) is -2.42. The van der Waals surface area contributed by atoms with E-state index >= 15 is 0 Å². The molecule has 0 bridgehead atoms. The van der Waals surface area contributed by atoms with E-state index in [1.165, 1.54) is 0 Å². The lowest BCUT2D eigenvalue weighted by Crippen LogP contribution is -2.50. The SMILES string of the molecule is NC(CO)(CO)CO.NC(CO)(CO)CO.O=S(=O)(O)O. The van der Waals surface area contributed by atoms with Gasteiger partial charge in [-0.15, -0.1) is 0 Å². The van der Waals surface area contributed by atoms with Gasteiger partial charge in [-0.05, 0) is 0 Å². The van der Waals surface area contributed by atoms with Crippen molar-refractivity contribution in [2.24, 2.45) is 11.5 Å². The largest absolute Gasteiger partial charge is 0.394 e. The molecule has 0 aromatic heterocycles. The Morgan fingerprint density at radius 1 is 0.619 bits per heavy atom. The van der Waals surface area contributed by atoms with Crippen LogP contribution in [0.15, 0.2) is 0 Å². The maximum atomic E-state index is 8.74. The Hall–Kier alpha value is -0.450. The fourth-order valence-corrected chi connectivity index (χ4v) is 0.300. The highest BCUT2D eigenvalue weighted by Gasteiger charge is 2.21. The van der Waals surface area contributed by atoms with Crippen LogP contribution in [0.4, 0.5) is 0 Å². The minimum Gasteiger partial charge on any atom is -0.394 e. The molecule has 21 heavy (non-hydrogen) atoms. The van der Waals surface area contributed by atoms with Crippen LogP contribution < -0.4 is 11.5 Å². The van der Waals surface area contributed by atoms with Crippen molar-refractivity contribution in [2.75, 3.05) is 39.6 Å². The van der Waals surface area contributed by atoms with Crippen molar-refractivity contribution < 1.29 is 48.2 Å². The van der Waals surface area contributed by atoms with Crippen molar-refractivity contribution in [1.82, 2.24) is 0 Å². The van der Waals surface area contributed by atoms with E-state index in [4.69, 9.17) is 59.6 Å². The summed E-state index contributed by atoms with van der Waals surface area (Å²) in [6, 6.07) is 0. The van der Waals surface area contributed by atoms with Crippen LogP contribution in [0, 0.1) is 0 Å². The molecule has 0 radical (unpaired) electrons. The van der Waals surface area contributed by atoms with E-state index in [0.29, 0.717) is 0 Å². The molecule has 0 aliphatic rings. The van der Waals surface area contributed by atoms with E-state index in [2.05, 4.69) is 0 Å². The second-order valence-corrected chi connectivity index (χ2v) is 5.02. The average Bonchev–Trinajstić information content (AvgIpc) is 2.44. The van der Waals surface area contributed by atoms with E-state index in [1.807, 2.05) is 0 Å². The maximum Gasteiger partial charge on any atom is 0.394 e. The first-order valence-electron chi connectivity index (χ1n) is 5.29. The fourth-order valence-electron chi connectivity index (χ4n) is 0.300. The molecular formula is C8H24N2O10S. The normalized spacial score (nSPS) is 11.9. The third kappa shape index (κ3) is 19.6. The molecule has 13 heteroatoms. The van der Waals surface area contributed by atoms with Crippen LogP contribution in [0.25, 0.3) is 0 Å². The summed E-state index contributed by atoms with van der Waals surface area (Å²) in [5.74, 6) is 0. The Bertz CT molecular complexity index is 285. The van der Waals surface area contributed by atoms with E-state index in [-0.39, 0.29) is 0 Å². The summed E-state index contributed by atoms with van der Waals surface area (Å²) in [4.78, 5) is 0. The number of aliphatic hydroxyl groups is 6. The molecule has 0 amide bonds. The summed E-state index contributed by atoms with van der Waals surface area (Å²) >= 11 is 0. The first-order valence-corrected chi connectivity index (χ1v) is 6.69. The fraction of sp³-hybridized carbons (Fsp3) is 1.00. The predicted molar refractivity (Wildman–Crippen MR) is 70.5 cm³/mol. The summed E-state index contributed by atoms with van der Waals surface area (Å²) in [5.41, 5.74) is 7.88. The van der Waals surface area contributed by atoms with Crippen LogP contribution >= 0.6 is 0 Å². The van der Waals surface area contributed by atoms with Crippen molar-refractivity contribution in [1.29, 1.82) is 0 Å². The van der Waals surface area contributed by atoms with Crippen LogP contribution in [-0.2, 0) is 10.4 Å². The van der Waals surface area contributed by atoms with Gasteiger partial charge >= 0.3 is 10.4 Å². The van der Waals surface area contributed by atoms with Crippen LogP contribution in [0.3, 0.4) is 0 Å². The molecule has 0 heterocycles. The lowest BCUT2D eigenvalue weighted by atomic mass is 10.1. The first-order chi connectivity index (χ1) is 9.36. The summed E-state index contributed by atoms with van der Waals surface area (Å²) < 4.78 is 31.6. The van der Waals surface area contributed by atoms with Gasteiger partial charge in [0.2, 0.25) is 0 Å². The minimum absolute atomic E-state index is 0.403. The first kappa shape index (κ1) is 25.5. The molecule has 0 atom stereocenters. The van der Waals surface area contributed by atoms with Gasteiger partial charge in [-0.1, -0.05) is 0 Å². The molecule has 0 spiro atoms. The third-order valence-corrected chi connectivity index (χ3v) is 1.89. The molecule has 0 aliphatic carbocycles. The molecule has 12 N–H and O–H groups in total. The molecule has 0 aromatic rings. The van der Waals surface area contributed by atoms with Crippen LogP contribution in [-0.4, -0.2) is 98.9 Å². The molecule has 0 aromatic carbocycles. The number of nitrogens with two attached hydrogens (primary N) is 2. The van der Waals surface area contributed by atoms with Gasteiger partial charge in [0.15, 0.2) is 0 Å². The van der Waals surface area contributed by atoms with Gasteiger partial charge in [0.05, 0.1) is 50.7 Å². The van der Waals surface area contributed by atoms with Gasteiger partial charge in [0.1, 0.15) is 0 Å². The zero-order valence-corrected chi connectivity index (χ0v) is 12.0. The number of rotatable bonds is 6. The predicted octanol–water partition coefficient (Wildman–Crippen LogP) is -5.33. The van der Waals surface area contributed by atoms with Crippen molar-refractivity contribution in [3.8, 4) is 0 Å². The maximum absolute atomic E-state index is 8.74. The van der Waals surface area contributed by atoms with Gasteiger partial charge in [-0.2, -0.15) is 8.42 Å². The molecule has 0 rings (SSSR count). The van der Waals surface area contributed by atoms with Gasteiger partial charge in [0, 0.05) is 0 Å². The average molecular weight is 340 g/mol. The molecular weight excluding hydrogens is 316 g/mol. The molecule has 12 nitrogen and oxygen atoms in total. The number of hydrogen-bond donors (Lipinski definition) is 10. The second-order valence-electron chi connectivity index (χ2n) is 4.12. The molecule has 0 saturated carbocycles. The Morgan fingerprint density at radius 3 is 0.714 bits per heavy atom. The van der Waals surface area contributed by atoms with Crippen molar-refractivity contribution in [3.63, 3.8) is 0 Å².